The summed E-state index contributed by atoms with van der Waals surface area (Å²) in [7, 11) is 0. The molecule has 160 valence electrons. The van der Waals surface area contributed by atoms with Crippen molar-refractivity contribution in [3.05, 3.63) is 83.4 Å². The van der Waals surface area contributed by atoms with Crippen LogP contribution in [0.1, 0.15) is 35.1 Å². The Bertz CT molecular complexity index is 1160. The van der Waals surface area contributed by atoms with Gasteiger partial charge in [-0.3, -0.25) is 4.79 Å². The predicted molar refractivity (Wildman–Crippen MR) is 123 cm³/mol. The molecule has 6 heteroatoms. The molecule has 5 rings (SSSR count). The number of hydrogen-bond acceptors (Lipinski definition) is 5. The Morgan fingerprint density at radius 1 is 1.00 bits per heavy atom. The molecule has 1 saturated heterocycles. The van der Waals surface area contributed by atoms with Crippen molar-refractivity contribution in [2.24, 2.45) is 5.92 Å². The highest BCUT2D eigenvalue weighted by Gasteiger charge is 2.46. The second-order valence-electron chi connectivity index (χ2n) is 8.23. The van der Waals surface area contributed by atoms with E-state index in [4.69, 9.17) is 4.42 Å². The molecule has 32 heavy (non-hydrogen) atoms. The summed E-state index contributed by atoms with van der Waals surface area (Å²) >= 11 is 0. The Hall–Kier alpha value is -3.85. The van der Waals surface area contributed by atoms with Crippen molar-refractivity contribution >= 4 is 23.9 Å². The molecule has 0 radical (unpaired) electrons. The summed E-state index contributed by atoms with van der Waals surface area (Å²) in [6.45, 7) is 2.50. The highest BCUT2D eigenvalue weighted by Crippen LogP contribution is 2.48. The van der Waals surface area contributed by atoms with Gasteiger partial charge in [-0.05, 0) is 29.5 Å². The van der Waals surface area contributed by atoms with Gasteiger partial charge in [0.2, 0.25) is 23.4 Å². The van der Waals surface area contributed by atoms with Crippen molar-refractivity contribution in [1.82, 2.24) is 9.88 Å². The van der Waals surface area contributed by atoms with E-state index >= 15 is 0 Å². The lowest BCUT2D eigenvalue weighted by molar-refractivity contribution is -0.133. The predicted octanol–water partition coefficient (Wildman–Crippen LogP) is 4.17. The molecule has 2 aliphatic rings. The number of nitrogens with zero attached hydrogens (tertiary/aromatic N) is 4. The molecule has 6 nitrogen and oxygen atoms in total. The number of rotatable bonds is 5. The number of oxazole rings is 1. The first kappa shape index (κ1) is 20.1. The molecule has 2 fully saturated rings. The van der Waals surface area contributed by atoms with Crippen LogP contribution in [0.2, 0.25) is 0 Å². The zero-order chi connectivity index (χ0) is 21.9. The van der Waals surface area contributed by atoms with E-state index < -0.39 is 0 Å². The van der Waals surface area contributed by atoms with Crippen molar-refractivity contribution in [3.8, 4) is 6.07 Å². The van der Waals surface area contributed by atoms with E-state index in [9.17, 15) is 10.1 Å². The topological polar surface area (TPSA) is 73.4 Å². The number of piperazine rings is 1. The van der Waals surface area contributed by atoms with Crippen molar-refractivity contribution in [2.75, 3.05) is 31.1 Å². The number of aromatic nitrogens is 1. The van der Waals surface area contributed by atoms with Gasteiger partial charge < -0.3 is 14.2 Å². The molecule has 3 aromatic rings. The quantitative estimate of drug-likeness (QED) is 0.615. The minimum absolute atomic E-state index is 0.0959. The van der Waals surface area contributed by atoms with Crippen LogP contribution in [0.25, 0.3) is 12.2 Å². The molecule has 2 unspecified atom stereocenters. The normalized spacial score (nSPS) is 20.3. The van der Waals surface area contributed by atoms with E-state index in [1.165, 1.54) is 5.56 Å². The first-order chi connectivity index (χ1) is 15.7. The minimum Gasteiger partial charge on any atom is -0.420 e. The lowest BCUT2D eigenvalue weighted by atomic mass is 10.1. The first-order valence-electron chi connectivity index (χ1n) is 11.0. The Morgan fingerprint density at radius 3 is 2.38 bits per heavy atom. The average molecular weight is 425 g/mol. The van der Waals surface area contributed by atoms with Crippen LogP contribution >= 0.6 is 0 Å². The van der Waals surface area contributed by atoms with E-state index in [1.807, 2.05) is 64.4 Å². The third-order valence-corrected chi connectivity index (χ3v) is 6.16. The van der Waals surface area contributed by atoms with Gasteiger partial charge >= 0.3 is 0 Å². The first-order valence-corrected chi connectivity index (χ1v) is 11.0. The van der Waals surface area contributed by atoms with Gasteiger partial charge in [0, 0.05) is 38.2 Å². The van der Waals surface area contributed by atoms with E-state index in [-0.39, 0.29) is 17.5 Å². The third-order valence-electron chi connectivity index (χ3n) is 6.16. The third kappa shape index (κ3) is 4.15. The fraction of sp³-hybridized carbons (Fsp3) is 0.269. The van der Waals surface area contributed by atoms with Gasteiger partial charge in [0.25, 0.3) is 0 Å². The van der Waals surface area contributed by atoms with Crippen LogP contribution in [0.5, 0.6) is 0 Å². The maximum Gasteiger partial charge on any atom is 0.235 e. The molecule has 1 aliphatic heterocycles. The maximum atomic E-state index is 12.9. The largest absolute Gasteiger partial charge is 0.420 e. The van der Waals surface area contributed by atoms with Crippen molar-refractivity contribution in [3.63, 3.8) is 0 Å². The Labute approximate surface area is 187 Å². The minimum atomic E-state index is 0.0959. The number of carbonyl (C=O) groups is 1. The molecule has 0 spiro atoms. The van der Waals surface area contributed by atoms with Crippen LogP contribution < -0.4 is 4.90 Å². The zero-order valence-corrected chi connectivity index (χ0v) is 17.7. The summed E-state index contributed by atoms with van der Waals surface area (Å²) in [6, 6.07) is 22.3. The van der Waals surface area contributed by atoms with Gasteiger partial charge in [-0.15, -0.1) is 0 Å². The van der Waals surface area contributed by atoms with Gasteiger partial charge in [-0.2, -0.15) is 10.2 Å². The van der Waals surface area contributed by atoms with Gasteiger partial charge in [-0.25, -0.2) is 0 Å². The fourth-order valence-corrected chi connectivity index (χ4v) is 4.32. The molecule has 0 bridgehead atoms. The van der Waals surface area contributed by atoms with Crippen molar-refractivity contribution in [2.45, 2.75) is 12.3 Å². The fourth-order valence-electron chi connectivity index (χ4n) is 4.32. The van der Waals surface area contributed by atoms with Crippen LogP contribution in [0, 0.1) is 17.2 Å². The molecule has 0 N–H and O–H groups in total. The van der Waals surface area contributed by atoms with Crippen LogP contribution in [0.4, 0.5) is 5.88 Å². The molecular weight excluding hydrogens is 400 g/mol. The van der Waals surface area contributed by atoms with Gasteiger partial charge in [-0.1, -0.05) is 60.7 Å². The van der Waals surface area contributed by atoms with Crippen molar-refractivity contribution in [1.29, 1.82) is 5.26 Å². The van der Waals surface area contributed by atoms with E-state index in [0.29, 0.717) is 43.9 Å². The lowest BCUT2D eigenvalue weighted by Crippen LogP contribution is -2.49. The van der Waals surface area contributed by atoms with Gasteiger partial charge in [0.1, 0.15) is 6.07 Å². The Kier molecular flexibility index (Phi) is 5.47. The van der Waals surface area contributed by atoms with Gasteiger partial charge in [0.15, 0.2) is 0 Å². The number of anilines is 1. The monoisotopic (exact) mass is 424 g/mol. The summed E-state index contributed by atoms with van der Waals surface area (Å²) in [5, 5.41) is 9.52. The highest BCUT2D eigenvalue weighted by atomic mass is 16.4. The second kappa shape index (κ2) is 8.72. The number of carbonyl (C=O) groups excluding carboxylic acids is 1. The van der Waals surface area contributed by atoms with E-state index in [1.54, 1.807) is 6.08 Å². The molecule has 1 aliphatic carbocycles. The summed E-state index contributed by atoms with van der Waals surface area (Å²) < 4.78 is 5.90. The van der Waals surface area contributed by atoms with Crippen LogP contribution in [-0.4, -0.2) is 42.0 Å². The average Bonchev–Trinajstić information content (AvgIpc) is 3.55. The standard InChI is InChI=1S/C26H24N4O2/c27-18-23-26(32-24(28-23)12-11-19-7-3-1-4-8-19)30-15-13-29(14-16-30)25(31)22-17-21(22)20-9-5-2-6-10-20/h1-12,21-22H,13-17H2. The Morgan fingerprint density at radius 2 is 1.69 bits per heavy atom. The summed E-state index contributed by atoms with van der Waals surface area (Å²) in [4.78, 5) is 21.2. The molecule has 2 heterocycles. The van der Waals surface area contributed by atoms with Crippen molar-refractivity contribution < 1.29 is 9.21 Å². The zero-order valence-electron chi connectivity index (χ0n) is 17.7. The number of benzene rings is 2. The number of hydrogen-bond donors (Lipinski definition) is 0. The molecular formula is C26H24N4O2. The number of amides is 1. The van der Waals surface area contributed by atoms with Crippen LogP contribution in [0.3, 0.4) is 0 Å². The molecule has 2 aromatic carbocycles. The highest BCUT2D eigenvalue weighted by molar-refractivity contribution is 5.83. The molecule has 2 atom stereocenters. The van der Waals surface area contributed by atoms with Crippen LogP contribution in [0.15, 0.2) is 65.1 Å². The molecule has 1 amide bonds. The Balaban J connectivity index is 1.21. The van der Waals surface area contributed by atoms with Crippen LogP contribution in [-0.2, 0) is 4.79 Å². The second-order valence-corrected chi connectivity index (χ2v) is 8.23. The summed E-state index contributed by atoms with van der Waals surface area (Å²) in [5.74, 6) is 1.57. The summed E-state index contributed by atoms with van der Waals surface area (Å²) in [6.07, 6.45) is 4.61. The lowest BCUT2D eigenvalue weighted by Gasteiger charge is -2.34. The summed E-state index contributed by atoms with van der Waals surface area (Å²) in [5.41, 5.74) is 2.57. The maximum absolute atomic E-state index is 12.9. The molecule has 1 aromatic heterocycles. The molecule has 1 saturated carbocycles. The SMILES string of the molecule is N#Cc1nc(C=Cc2ccccc2)oc1N1CCN(C(=O)C2CC2c2ccccc2)CC1. The number of nitriles is 1. The van der Waals surface area contributed by atoms with E-state index in [2.05, 4.69) is 23.2 Å². The van der Waals surface area contributed by atoms with Gasteiger partial charge in [0.05, 0.1) is 0 Å². The smallest absolute Gasteiger partial charge is 0.235 e. The van der Waals surface area contributed by atoms with E-state index in [0.717, 1.165) is 12.0 Å².